The molecular formula is C18H18ClN3O2. The van der Waals surface area contributed by atoms with Crippen LogP contribution in [0.4, 0.5) is 5.69 Å². The van der Waals surface area contributed by atoms with E-state index < -0.39 is 0 Å². The van der Waals surface area contributed by atoms with E-state index >= 15 is 0 Å². The SMILES string of the molecule is C/C(CC(=O)Nc1cccc(Cl)c1C)=N\NC(=O)c1ccccc1. The normalized spacial score (nSPS) is 11.0. The molecule has 2 N–H and O–H groups in total. The van der Waals surface area contributed by atoms with Crippen molar-refractivity contribution in [2.45, 2.75) is 20.3 Å². The molecule has 0 bridgehead atoms. The number of halogens is 1. The molecule has 0 radical (unpaired) electrons. The second-order valence-electron chi connectivity index (χ2n) is 5.29. The smallest absolute Gasteiger partial charge is 0.271 e. The molecule has 0 aliphatic carbocycles. The van der Waals surface area contributed by atoms with Crippen molar-refractivity contribution < 1.29 is 9.59 Å². The van der Waals surface area contributed by atoms with E-state index in [4.69, 9.17) is 11.6 Å². The van der Waals surface area contributed by atoms with Crippen LogP contribution in [-0.4, -0.2) is 17.5 Å². The van der Waals surface area contributed by atoms with E-state index in [1.54, 1.807) is 49.4 Å². The molecule has 2 amide bonds. The lowest BCUT2D eigenvalue weighted by atomic mass is 10.2. The molecule has 0 aliphatic rings. The minimum absolute atomic E-state index is 0.0705. The van der Waals surface area contributed by atoms with Crippen LogP contribution < -0.4 is 10.7 Å². The van der Waals surface area contributed by atoms with Crippen molar-refractivity contribution in [2.24, 2.45) is 5.10 Å². The molecule has 2 aromatic carbocycles. The van der Waals surface area contributed by atoms with Gasteiger partial charge in [-0.25, -0.2) is 5.43 Å². The third-order valence-corrected chi connectivity index (χ3v) is 3.75. The molecule has 124 valence electrons. The lowest BCUT2D eigenvalue weighted by Crippen LogP contribution is -2.21. The Morgan fingerprint density at radius 3 is 2.50 bits per heavy atom. The molecule has 0 heterocycles. The van der Waals surface area contributed by atoms with E-state index in [2.05, 4.69) is 15.8 Å². The molecule has 0 unspecified atom stereocenters. The van der Waals surface area contributed by atoms with Gasteiger partial charge in [0.05, 0.1) is 6.42 Å². The van der Waals surface area contributed by atoms with Gasteiger partial charge in [0.15, 0.2) is 0 Å². The van der Waals surface area contributed by atoms with Gasteiger partial charge in [0.25, 0.3) is 5.91 Å². The third-order valence-electron chi connectivity index (χ3n) is 3.34. The van der Waals surface area contributed by atoms with Crippen LogP contribution in [0.15, 0.2) is 53.6 Å². The van der Waals surface area contributed by atoms with Crippen LogP contribution in [0.3, 0.4) is 0 Å². The summed E-state index contributed by atoms with van der Waals surface area (Å²) in [5.74, 6) is -0.545. The van der Waals surface area contributed by atoms with Crippen LogP contribution >= 0.6 is 11.6 Å². The summed E-state index contributed by atoms with van der Waals surface area (Å²) >= 11 is 6.02. The average Bonchev–Trinajstić information content (AvgIpc) is 2.57. The number of carbonyl (C=O) groups is 2. The van der Waals surface area contributed by atoms with Gasteiger partial charge in [0, 0.05) is 22.0 Å². The summed E-state index contributed by atoms with van der Waals surface area (Å²) in [6.07, 6.45) is 0.0705. The monoisotopic (exact) mass is 343 g/mol. The first-order valence-corrected chi connectivity index (χ1v) is 7.78. The van der Waals surface area contributed by atoms with Gasteiger partial charge in [-0.15, -0.1) is 0 Å². The maximum absolute atomic E-state index is 12.1. The number of hydrogen-bond donors (Lipinski definition) is 2. The zero-order chi connectivity index (χ0) is 17.5. The number of anilines is 1. The van der Waals surface area contributed by atoms with Crippen molar-refractivity contribution in [1.82, 2.24) is 5.43 Å². The van der Waals surface area contributed by atoms with Crippen LogP contribution in [-0.2, 0) is 4.79 Å². The highest BCUT2D eigenvalue weighted by molar-refractivity contribution is 6.31. The highest BCUT2D eigenvalue weighted by atomic mass is 35.5. The van der Waals surface area contributed by atoms with E-state index in [9.17, 15) is 9.59 Å². The predicted molar refractivity (Wildman–Crippen MR) is 96.5 cm³/mol. The maximum Gasteiger partial charge on any atom is 0.271 e. The summed E-state index contributed by atoms with van der Waals surface area (Å²) in [5, 5.41) is 7.33. The van der Waals surface area contributed by atoms with Crippen molar-refractivity contribution in [3.63, 3.8) is 0 Å². The first-order valence-electron chi connectivity index (χ1n) is 7.41. The first kappa shape index (κ1) is 17.7. The molecule has 2 aromatic rings. The van der Waals surface area contributed by atoms with Gasteiger partial charge in [-0.05, 0) is 43.7 Å². The molecule has 0 aliphatic heterocycles. The van der Waals surface area contributed by atoms with Crippen LogP contribution in [0.5, 0.6) is 0 Å². The van der Waals surface area contributed by atoms with E-state index in [1.165, 1.54) is 0 Å². The number of carbonyl (C=O) groups excluding carboxylic acids is 2. The fourth-order valence-corrected chi connectivity index (χ4v) is 2.18. The quantitative estimate of drug-likeness (QED) is 0.640. The van der Waals surface area contributed by atoms with E-state index in [0.29, 0.717) is 22.0 Å². The Bertz CT molecular complexity index is 773. The van der Waals surface area contributed by atoms with E-state index in [0.717, 1.165) is 5.56 Å². The number of amides is 2. The average molecular weight is 344 g/mol. The standard InChI is InChI=1S/C18H18ClN3O2/c1-12(21-22-18(24)14-7-4-3-5-8-14)11-17(23)20-16-10-6-9-15(19)13(16)2/h3-10H,11H2,1-2H3,(H,20,23)(H,22,24)/b21-12+. The Labute approximate surface area is 145 Å². The van der Waals surface area contributed by atoms with Crippen LogP contribution in [0.2, 0.25) is 5.02 Å². The Kier molecular flexibility index (Phi) is 6.09. The Morgan fingerprint density at radius 2 is 1.79 bits per heavy atom. The number of hydrazone groups is 1. The Balaban J connectivity index is 1.91. The van der Waals surface area contributed by atoms with Crippen LogP contribution in [0, 0.1) is 6.92 Å². The summed E-state index contributed by atoms with van der Waals surface area (Å²) < 4.78 is 0. The van der Waals surface area contributed by atoms with Crippen LogP contribution in [0.25, 0.3) is 0 Å². The van der Waals surface area contributed by atoms with Gasteiger partial charge >= 0.3 is 0 Å². The number of nitrogens with one attached hydrogen (secondary N) is 2. The number of hydrogen-bond acceptors (Lipinski definition) is 3. The molecule has 5 nitrogen and oxygen atoms in total. The zero-order valence-electron chi connectivity index (χ0n) is 13.5. The van der Waals surface area contributed by atoms with Crippen molar-refractivity contribution in [3.8, 4) is 0 Å². The summed E-state index contributed by atoms with van der Waals surface area (Å²) in [4.78, 5) is 23.9. The van der Waals surface area contributed by atoms with Crippen molar-refractivity contribution in [3.05, 3.63) is 64.7 Å². The molecule has 0 aromatic heterocycles. The predicted octanol–water partition coefficient (Wildman–Crippen LogP) is 3.78. The first-order chi connectivity index (χ1) is 11.5. The molecule has 2 rings (SSSR count). The van der Waals surface area contributed by atoms with E-state index in [1.807, 2.05) is 13.0 Å². The third kappa shape index (κ3) is 4.93. The van der Waals surface area contributed by atoms with Gasteiger partial charge in [0.2, 0.25) is 5.91 Å². The van der Waals surface area contributed by atoms with Gasteiger partial charge in [-0.3, -0.25) is 9.59 Å². The fourth-order valence-electron chi connectivity index (χ4n) is 2.01. The Morgan fingerprint density at radius 1 is 1.08 bits per heavy atom. The molecule has 24 heavy (non-hydrogen) atoms. The van der Waals surface area contributed by atoms with Gasteiger partial charge in [0.1, 0.15) is 0 Å². The van der Waals surface area contributed by atoms with Crippen LogP contribution in [0.1, 0.15) is 29.3 Å². The van der Waals surface area contributed by atoms with Crippen molar-refractivity contribution in [2.75, 3.05) is 5.32 Å². The minimum Gasteiger partial charge on any atom is -0.325 e. The second-order valence-corrected chi connectivity index (χ2v) is 5.70. The lowest BCUT2D eigenvalue weighted by molar-refractivity contribution is -0.115. The molecule has 0 atom stereocenters. The minimum atomic E-state index is -0.318. The van der Waals surface area contributed by atoms with Crippen molar-refractivity contribution >= 4 is 34.8 Å². The number of nitrogens with zero attached hydrogens (tertiary/aromatic N) is 1. The summed E-state index contributed by atoms with van der Waals surface area (Å²) in [5.41, 5.74) is 4.91. The zero-order valence-corrected chi connectivity index (χ0v) is 14.2. The highest BCUT2D eigenvalue weighted by Crippen LogP contribution is 2.22. The second kappa shape index (κ2) is 8.26. The lowest BCUT2D eigenvalue weighted by Gasteiger charge is -2.09. The van der Waals surface area contributed by atoms with Gasteiger partial charge < -0.3 is 5.32 Å². The summed E-state index contributed by atoms with van der Waals surface area (Å²) in [7, 11) is 0. The maximum atomic E-state index is 12.1. The fraction of sp³-hybridized carbons (Fsp3) is 0.167. The van der Waals surface area contributed by atoms with Gasteiger partial charge in [-0.2, -0.15) is 5.10 Å². The number of benzene rings is 2. The van der Waals surface area contributed by atoms with E-state index in [-0.39, 0.29) is 18.2 Å². The topological polar surface area (TPSA) is 70.6 Å². The summed E-state index contributed by atoms with van der Waals surface area (Å²) in [6, 6.07) is 14.1. The van der Waals surface area contributed by atoms with Gasteiger partial charge in [-0.1, -0.05) is 35.9 Å². The highest BCUT2D eigenvalue weighted by Gasteiger charge is 2.09. The van der Waals surface area contributed by atoms with Crippen molar-refractivity contribution in [1.29, 1.82) is 0 Å². The molecule has 0 spiro atoms. The molecular weight excluding hydrogens is 326 g/mol. The largest absolute Gasteiger partial charge is 0.325 e. The molecule has 0 saturated heterocycles. The summed E-state index contributed by atoms with van der Waals surface area (Å²) in [6.45, 7) is 3.51. The number of rotatable bonds is 5. The molecule has 0 fully saturated rings. The molecule has 0 saturated carbocycles. The molecule has 6 heteroatoms. The Hall–Kier alpha value is -2.66.